The summed E-state index contributed by atoms with van der Waals surface area (Å²) in [7, 11) is -0.898. The van der Waals surface area contributed by atoms with Crippen molar-refractivity contribution in [2.75, 3.05) is 0 Å². The van der Waals surface area contributed by atoms with Crippen molar-refractivity contribution >= 4 is 14.0 Å². The summed E-state index contributed by atoms with van der Waals surface area (Å²) in [6.45, 7) is 17.6. The van der Waals surface area contributed by atoms with E-state index in [2.05, 4.69) is 55.4 Å². The molecule has 0 aromatic heterocycles. The van der Waals surface area contributed by atoms with Crippen molar-refractivity contribution in [3.8, 4) is 0 Å². The Bertz CT molecular complexity index is 483. The van der Waals surface area contributed by atoms with Crippen LogP contribution in [0.25, 0.3) is 0 Å². The predicted octanol–water partition coefficient (Wildman–Crippen LogP) is 3.67. The zero-order chi connectivity index (χ0) is 17.3. The van der Waals surface area contributed by atoms with Crippen LogP contribution in [0.1, 0.15) is 74.7 Å². The number of rotatable bonds is 3. The number of fused-ring (bicyclic) bond motifs is 5. The summed E-state index contributed by atoms with van der Waals surface area (Å²) >= 11 is 0. The highest BCUT2D eigenvalue weighted by Gasteiger charge is 2.72. The predicted molar refractivity (Wildman–Crippen MR) is 93.0 cm³/mol. The lowest BCUT2D eigenvalue weighted by molar-refractivity contribution is -0.135. The third-order valence-electron chi connectivity index (χ3n) is 7.20. The second-order valence-electron chi connectivity index (χ2n) is 8.91. The Morgan fingerprint density at radius 1 is 0.783 bits per heavy atom. The fourth-order valence-corrected chi connectivity index (χ4v) is 5.02. The standard InChI is InChI=1S/C17H32B2O4/c1-9-10-11-17-13(3)12(2)16(8)14(4,5)20-18(22-16)19(23-17)21-15(17,6)7/h12-13H,9-11H2,1-8H3. The molecule has 3 aliphatic rings. The van der Waals surface area contributed by atoms with Gasteiger partial charge in [-0.3, -0.25) is 0 Å². The van der Waals surface area contributed by atoms with Gasteiger partial charge < -0.3 is 18.6 Å². The fourth-order valence-electron chi connectivity index (χ4n) is 5.02. The van der Waals surface area contributed by atoms with Gasteiger partial charge >= 0.3 is 14.0 Å². The molecule has 0 aromatic rings. The van der Waals surface area contributed by atoms with Crippen molar-refractivity contribution < 1.29 is 18.6 Å². The van der Waals surface area contributed by atoms with E-state index in [0.717, 1.165) is 19.3 Å². The Balaban J connectivity index is 2.08. The average Bonchev–Trinajstić information content (AvgIpc) is 2.87. The van der Waals surface area contributed by atoms with Crippen molar-refractivity contribution in [2.45, 2.75) is 97.1 Å². The zero-order valence-corrected chi connectivity index (χ0v) is 16.1. The van der Waals surface area contributed by atoms with Crippen LogP contribution in [-0.4, -0.2) is 36.4 Å². The molecule has 4 nitrogen and oxygen atoms in total. The van der Waals surface area contributed by atoms with Gasteiger partial charge in [0.05, 0.1) is 22.4 Å². The van der Waals surface area contributed by atoms with E-state index in [4.69, 9.17) is 18.6 Å². The molecule has 6 heteroatoms. The van der Waals surface area contributed by atoms with Gasteiger partial charge in [-0.25, -0.2) is 0 Å². The van der Waals surface area contributed by atoms with Crippen LogP contribution in [0.2, 0.25) is 0 Å². The molecule has 4 unspecified atom stereocenters. The highest BCUT2D eigenvalue weighted by molar-refractivity contribution is 7.11. The number of unbranched alkanes of at least 4 members (excludes halogenated alkanes) is 1. The highest BCUT2D eigenvalue weighted by atomic mass is 16.7. The van der Waals surface area contributed by atoms with Crippen molar-refractivity contribution in [3.05, 3.63) is 0 Å². The maximum atomic E-state index is 6.59. The summed E-state index contributed by atoms with van der Waals surface area (Å²) in [6, 6.07) is 0. The number of hydrogen-bond acceptors (Lipinski definition) is 4. The van der Waals surface area contributed by atoms with Crippen LogP contribution in [-0.2, 0) is 18.6 Å². The molecule has 0 saturated carbocycles. The molecule has 0 spiro atoms. The van der Waals surface area contributed by atoms with Gasteiger partial charge in [-0.1, -0.05) is 33.6 Å². The van der Waals surface area contributed by atoms with Crippen LogP contribution < -0.4 is 0 Å². The molecule has 3 fully saturated rings. The van der Waals surface area contributed by atoms with Gasteiger partial charge in [0.1, 0.15) is 0 Å². The first-order chi connectivity index (χ1) is 10.5. The van der Waals surface area contributed by atoms with Crippen molar-refractivity contribution in [1.29, 1.82) is 0 Å². The minimum atomic E-state index is -0.451. The summed E-state index contributed by atoms with van der Waals surface area (Å²) in [6.07, 6.45) is 3.32. The third-order valence-corrected chi connectivity index (χ3v) is 7.20. The van der Waals surface area contributed by atoms with E-state index in [0.29, 0.717) is 11.8 Å². The van der Waals surface area contributed by atoms with Crippen LogP contribution in [0, 0.1) is 11.8 Å². The maximum Gasteiger partial charge on any atom is 0.489 e. The van der Waals surface area contributed by atoms with Crippen molar-refractivity contribution in [2.24, 2.45) is 11.8 Å². The summed E-state index contributed by atoms with van der Waals surface area (Å²) in [5.41, 5.74) is -1.35. The largest absolute Gasteiger partial charge is 0.489 e. The Hall–Kier alpha value is -0.0301. The highest BCUT2D eigenvalue weighted by Crippen LogP contribution is 2.57. The molecular formula is C17H32B2O4. The number of hydrogen-bond donors (Lipinski definition) is 0. The first-order valence-electron chi connectivity index (χ1n) is 9.22. The molecule has 0 aromatic carbocycles. The van der Waals surface area contributed by atoms with E-state index >= 15 is 0 Å². The molecule has 3 heterocycles. The summed E-state index contributed by atoms with van der Waals surface area (Å²) in [4.78, 5) is 0. The molecule has 4 atom stereocenters. The van der Waals surface area contributed by atoms with E-state index < -0.39 is 14.0 Å². The Labute approximate surface area is 142 Å². The van der Waals surface area contributed by atoms with Gasteiger partial charge in [0.15, 0.2) is 0 Å². The molecule has 0 radical (unpaired) electrons. The first-order valence-corrected chi connectivity index (χ1v) is 9.22. The smallest absolute Gasteiger partial charge is 0.405 e. The first kappa shape index (κ1) is 17.8. The van der Waals surface area contributed by atoms with Crippen LogP contribution in [0.3, 0.4) is 0 Å². The molecule has 3 saturated heterocycles. The van der Waals surface area contributed by atoms with Crippen LogP contribution >= 0.6 is 0 Å². The van der Waals surface area contributed by atoms with Crippen molar-refractivity contribution in [1.82, 2.24) is 0 Å². The van der Waals surface area contributed by atoms with E-state index in [1.165, 1.54) is 0 Å². The Kier molecular flexibility index (Phi) is 4.05. The molecule has 4 bridgehead atoms. The van der Waals surface area contributed by atoms with Gasteiger partial charge in [-0.2, -0.15) is 0 Å². The second kappa shape index (κ2) is 5.23. The minimum absolute atomic E-state index is 0.292. The summed E-state index contributed by atoms with van der Waals surface area (Å²) in [5.74, 6) is 0.599. The van der Waals surface area contributed by atoms with Gasteiger partial charge in [0, 0.05) is 0 Å². The van der Waals surface area contributed by atoms with E-state index in [-0.39, 0.29) is 22.4 Å². The summed E-state index contributed by atoms with van der Waals surface area (Å²) in [5, 5.41) is 0. The van der Waals surface area contributed by atoms with Crippen LogP contribution in [0.15, 0.2) is 0 Å². The molecule has 3 aliphatic heterocycles. The lowest BCUT2D eigenvalue weighted by Crippen LogP contribution is -2.61. The van der Waals surface area contributed by atoms with E-state index in [1.54, 1.807) is 0 Å². The monoisotopic (exact) mass is 322 g/mol. The molecule has 130 valence electrons. The molecule has 0 aliphatic carbocycles. The fraction of sp³-hybridized carbons (Fsp3) is 1.00. The molecule has 0 amide bonds. The average molecular weight is 322 g/mol. The lowest BCUT2D eigenvalue weighted by atomic mass is 9.48. The van der Waals surface area contributed by atoms with Gasteiger partial charge in [-0.05, 0) is 52.9 Å². The summed E-state index contributed by atoms with van der Waals surface area (Å²) < 4.78 is 25.6. The van der Waals surface area contributed by atoms with E-state index in [1.807, 2.05) is 0 Å². The van der Waals surface area contributed by atoms with E-state index in [9.17, 15) is 0 Å². The molecule has 23 heavy (non-hydrogen) atoms. The van der Waals surface area contributed by atoms with Crippen LogP contribution in [0.4, 0.5) is 0 Å². The lowest BCUT2D eigenvalue weighted by Gasteiger charge is -2.52. The SMILES string of the molecule is CCCCC12OB(OC1(C)C)B1OC(C)(C)C(C)(O1)C(C)C2C. The molecule has 3 rings (SSSR count). The minimum Gasteiger partial charge on any atom is -0.405 e. The quantitative estimate of drug-likeness (QED) is 0.743. The van der Waals surface area contributed by atoms with Crippen LogP contribution in [0.5, 0.6) is 0 Å². The van der Waals surface area contributed by atoms with Gasteiger partial charge in [0.2, 0.25) is 0 Å². The van der Waals surface area contributed by atoms with Gasteiger partial charge in [0.25, 0.3) is 0 Å². The maximum absolute atomic E-state index is 6.59. The normalized spacial score (nSPS) is 44.3. The Morgan fingerprint density at radius 3 is 1.96 bits per heavy atom. The second-order valence-corrected chi connectivity index (χ2v) is 8.91. The topological polar surface area (TPSA) is 36.9 Å². The molecule has 0 N–H and O–H groups in total. The van der Waals surface area contributed by atoms with Gasteiger partial charge in [-0.15, -0.1) is 0 Å². The molecular weight excluding hydrogens is 290 g/mol. The van der Waals surface area contributed by atoms with Crippen molar-refractivity contribution in [3.63, 3.8) is 0 Å². The Morgan fingerprint density at radius 2 is 1.35 bits per heavy atom. The third kappa shape index (κ3) is 2.21. The zero-order valence-electron chi connectivity index (χ0n) is 16.1.